The first-order valence-electron chi connectivity index (χ1n) is 6.04. The molecule has 1 amide bonds. The van der Waals surface area contributed by atoms with Gasteiger partial charge in [-0.05, 0) is 24.1 Å². The fraction of sp³-hybridized carbons (Fsp3) is 0.417. The maximum atomic E-state index is 11.4. The molecule has 0 aliphatic carbocycles. The Bertz CT molecular complexity index is 479. The van der Waals surface area contributed by atoms with Crippen molar-refractivity contribution in [3.05, 3.63) is 23.8 Å². The quantitative estimate of drug-likeness (QED) is 0.629. The molecule has 2 atom stereocenters. The lowest BCUT2D eigenvalue weighted by atomic mass is 10.0. The molecule has 2 aliphatic heterocycles. The summed E-state index contributed by atoms with van der Waals surface area (Å²) in [5, 5.41) is 2.92. The number of benzene rings is 1. The molecule has 0 radical (unpaired) electrons. The normalized spacial score (nSPS) is 26.8. The highest BCUT2D eigenvalue weighted by Gasteiger charge is 2.25. The number of carbonyl (C=O) groups is 1. The predicted octanol–water partition coefficient (Wildman–Crippen LogP) is 0.597. The van der Waals surface area contributed by atoms with Gasteiger partial charge in [0, 0.05) is 23.5 Å². The van der Waals surface area contributed by atoms with E-state index in [4.69, 9.17) is 5.73 Å². The van der Waals surface area contributed by atoms with Gasteiger partial charge in [-0.2, -0.15) is 0 Å². The van der Waals surface area contributed by atoms with Crippen molar-refractivity contribution >= 4 is 23.4 Å². The van der Waals surface area contributed by atoms with Crippen LogP contribution < -0.4 is 21.9 Å². The highest BCUT2D eigenvalue weighted by atomic mass is 32.2. The standard InChI is InChI=1S/C12H16N4OS/c13-5-8-4-9(16-15-8)7-1-2-11-10(3-7)14-12(17)6-18-11/h1-3,8-9,15-16H,4-6,13H2,(H,14,17). The van der Waals surface area contributed by atoms with E-state index in [0.717, 1.165) is 17.0 Å². The highest BCUT2D eigenvalue weighted by Crippen LogP contribution is 2.34. The van der Waals surface area contributed by atoms with Gasteiger partial charge in [0.2, 0.25) is 5.91 Å². The molecule has 1 saturated heterocycles. The van der Waals surface area contributed by atoms with Crippen LogP contribution in [0.2, 0.25) is 0 Å². The Morgan fingerprint density at radius 3 is 3.06 bits per heavy atom. The molecular formula is C12H16N4OS. The number of anilines is 1. The van der Waals surface area contributed by atoms with Crippen LogP contribution >= 0.6 is 11.8 Å². The second kappa shape index (κ2) is 4.89. The molecule has 5 nitrogen and oxygen atoms in total. The molecule has 2 unspecified atom stereocenters. The summed E-state index contributed by atoms with van der Waals surface area (Å²) >= 11 is 1.59. The molecule has 0 bridgehead atoms. The molecule has 6 heteroatoms. The molecule has 5 N–H and O–H groups in total. The molecule has 1 aromatic rings. The van der Waals surface area contributed by atoms with Crippen LogP contribution in [-0.4, -0.2) is 24.2 Å². The van der Waals surface area contributed by atoms with Crippen molar-refractivity contribution in [2.45, 2.75) is 23.4 Å². The third-order valence-corrected chi connectivity index (χ3v) is 4.38. The van der Waals surface area contributed by atoms with E-state index in [1.807, 2.05) is 0 Å². The Labute approximate surface area is 110 Å². The maximum absolute atomic E-state index is 11.4. The smallest absolute Gasteiger partial charge is 0.234 e. The summed E-state index contributed by atoms with van der Waals surface area (Å²) in [6.45, 7) is 0.626. The number of hydrogen-bond donors (Lipinski definition) is 4. The number of carbonyl (C=O) groups excluding carboxylic acids is 1. The lowest BCUT2D eigenvalue weighted by Gasteiger charge is -2.19. The van der Waals surface area contributed by atoms with E-state index in [9.17, 15) is 4.79 Å². The number of thioether (sulfide) groups is 1. The third-order valence-electron chi connectivity index (χ3n) is 3.31. The summed E-state index contributed by atoms with van der Waals surface area (Å²) in [7, 11) is 0. The van der Waals surface area contributed by atoms with Crippen molar-refractivity contribution in [2.24, 2.45) is 5.73 Å². The van der Waals surface area contributed by atoms with E-state index in [0.29, 0.717) is 18.3 Å². The van der Waals surface area contributed by atoms with Gasteiger partial charge in [0.15, 0.2) is 0 Å². The predicted molar refractivity (Wildman–Crippen MR) is 72.3 cm³/mol. The number of rotatable bonds is 2. The Morgan fingerprint density at radius 2 is 2.28 bits per heavy atom. The molecule has 1 aromatic carbocycles. The zero-order chi connectivity index (χ0) is 12.5. The number of amides is 1. The molecule has 2 heterocycles. The summed E-state index contributed by atoms with van der Waals surface area (Å²) in [5.74, 6) is 0.576. The number of hydrogen-bond acceptors (Lipinski definition) is 5. The summed E-state index contributed by atoms with van der Waals surface area (Å²) in [6, 6.07) is 6.81. The summed E-state index contributed by atoms with van der Waals surface area (Å²) in [4.78, 5) is 12.5. The first-order chi connectivity index (χ1) is 8.76. The lowest BCUT2D eigenvalue weighted by Crippen LogP contribution is -2.35. The average Bonchev–Trinajstić information content (AvgIpc) is 2.86. The fourth-order valence-electron chi connectivity index (χ4n) is 2.31. The van der Waals surface area contributed by atoms with Crippen molar-refractivity contribution in [1.82, 2.24) is 10.9 Å². The van der Waals surface area contributed by atoms with Crippen molar-refractivity contribution < 1.29 is 4.79 Å². The molecule has 1 fully saturated rings. The van der Waals surface area contributed by atoms with Gasteiger partial charge >= 0.3 is 0 Å². The lowest BCUT2D eigenvalue weighted by molar-refractivity contribution is -0.113. The number of nitrogens with two attached hydrogens (primary N) is 1. The van der Waals surface area contributed by atoms with Crippen molar-refractivity contribution in [2.75, 3.05) is 17.6 Å². The summed E-state index contributed by atoms with van der Waals surface area (Å²) in [5.41, 5.74) is 14.2. The first-order valence-corrected chi connectivity index (χ1v) is 7.02. The maximum Gasteiger partial charge on any atom is 0.234 e. The van der Waals surface area contributed by atoms with Gasteiger partial charge in [-0.25, -0.2) is 5.43 Å². The zero-order valence-corrected chi connectivity index (χ0v) is 10.7. The van der Waals surface area contributed by atoms with Gasteiger partial charge in [0.1, 0.15) is 0 Å². The Balaban J connectivity index is 1.82. The monoisotopic (exact) mass is 264 g/mol. The Morgan fingerprint density at radius 1 is 1.39 bits per heavy atom. The number of fused-ring (bicyclic) bond motifs is 1. The highest BCUT2D eigenvalue weighted by molar-refractivity contribution is 8.00. The van der Waals surface area contributed by atoms with E-state index >= 15 is 0 Å². The van der Waals surface area contributed by atoms with Crippen LogP contribution in [0, 0.1) is 0 Å². The van der Waals surface area contributed by atoms with Crippen LogP contribution in [0.3, 0.4) is 0 Å². The first kappa shape index (κ1) is 12.0. The molecular weight excluding hydrogens is 248 g/mol. The van der Waals surface area contributed by atoms with Gasteiger partial charge in [-0.1, -0.05) is 6.07 Å². The van der Waals surface area contributed by atoms with Gasteiger partial charge in [-0.3, -0.25) is 10.2 Å². The molecule has 96 valence electrons. The van der Waals surface area contributed by atoms with Crippen LogP contribution in [0.4, 0.5) is 5.69 Å². The average molecular weight is 264 g/mol. The van der Waals surface area contributed by atoms with Gasteiger partial charge in [0.05, 0.1) is 11.4 Å². The van der Waals surface area contributed by atoms with Gasteiger partial charge in [0.25, 0.3) is 0 Å². The van der Waals surface area contributed by atoms with Crippen LogP contribution in [-0.2, 0) is 4.79 Å². The minimum Gasteiger partial charge on any atom is -0.329 e. The topological polar surface area (TPSA) is 79.2 Å². The van der Waals surface area contributed by atoms with Crippen molar-refractivity contribution in [3.8, 4) is 0 Å². The number of hydrazine groups is 1. The second-order valence-corrected chi connectivity index (χ2v) is 5.62. The van der Waals surface area contributed by atoms with E-state index in [2.05, 4.69) is 34.4 Å². The van der Waals surface area contributed by atoms with Crippen LogP contribution in [0.1, 0.15) is 18.0 Å². The van der Waals surface area contributed by atoms with Crippen LogP contribution in [0.5, 0.6) is 0 Å². The number of nitrogens with one attached hydrogen (secondary N) is 3. The Hall–Kier alpha value is -1.08. The molecule has 2 aliphatic rings. The van der Waals surface area contributed by atoms with Gasteiger partial charge < -0.3 is 11.1 Å². The van der Waals surface area contributed by atoms with Gasteiger partial charge in [-0.15, -0.1) is 11.8 Å². The van der Waals surface area contributed by atoms with E-state index in [1.54, 1.807) is 11.8 Å². The van der Waals surface area contributed by atoms with E-state index in [1.165, 1.54) is 5.56 Å². The van der Waals surface area contributed by atoms with Crippen LogP contribution in [0.15, 0.2) is 23.1 Å². The molecule has 0 saturated carbocycles. The molecule has 0 aromatic heterocycles. The minimum absolute atomic E-state index is 0.0713. The Kier molecular flexibility index (Phi) is 3.25. The fourth-order valence-corrected chi connectivity index (χ4v) is 3.10. The van der Waals surface area contributed by atoms with Crippen LogP contribution in [0.25, 0.3) is 0 Å². The van der Waals surface area contributed by atoms with Crippen molar-refractivity contribution in [3.63, 3.8) is 0 Å². The molecule has 3 rings (SSSR count). The largest absolute Gasteiger partial charge is 0.329 e. The SMILES string of the molecule is NCC1CC(c2ccc3c(c2)NC(=O)CS3)NN1. The molecule has 18 heavy (non-hydrogen) atoms. The molecule has 0 spiro atoms. The van der Waals surface area contributed by atoms with Crippen molar-refractivity contribution in [1.29, 1.82) is 0 Å². The zero-order valence-electron chi connectivity index (χ0n) is 9.90. The minimum atomic E-state index is 0.0713. The summed E-state index contributed by atoms with van der Waals surface area (Å²) < 4.78 is 0. The van der Waals surface area contributed by atoms with E-state index in [-0.39, 0.29) is 11.9 Å². The second-order valence-electron chi connectivity index (χ2n) is 4.60. The summed E-state index contributed by atoms with van der Waals surface area (Å²) in [6.07, 6.45) is 0.969. The third kappa shape index (κ3) is 2.24. The van der Waals surface area contributed by atoms with E-state index < -0.39 is 0 Å².